The molecule has 0 atom stereocenters. The molecule has 0 saturated heterocycles. The highest BCUT2D eigenvalue weighted by atomic mass is 16.5. The minimum absolute atomic E-state index is 0.114. The van der Waals surface area contributed by atoms with Crippen LogP contribution in [0.5, 0.6) is 5.75 Å². The molecule has 162 valence electrons. The Kier molecular flexibility index (Phi) is 10.8. The van der Waals surface area contributed by atoms with Gasteiger partial charge in [0.05, 0.1) is 18.3 Å². The van der Waals surface area contributed by atoms with Gasteiger partial charge in [-0.15, -0.1) is 6.58 Å². The van der Waals surface area contributed by atoms with Gasteiger partial charge in [0.1, 0.15) is 5.75 Å². The Morgan fingerprint density at radius 3 is 1.93 bits per heavy atom. The quantitative estimate of drug-likeness (QED) is 0.183. The van der Waals surface area contributed by atoms with Crippen molar-refractivity contribution in [3.05, 3.63) is 66.7 Å². The molecule has 0 aliphatic carbocycles. The van der Waals surface area contributed by atoms with Gasteiger partial charge in [-0.25, -0.2) is 4.79 Å². The van der Waals surface area contributed by atoms with E-state index in [4.69, 9.17) is 9.47 Å². The molecule has 0 spiro atoms. The second-order valence-electron chi connectivity index (χ2n) is 7.96. The van der Waals surface area contributed by atoms with Crippen LogP contribution in [0.25, 0.3) is 11.1 Å². The zero-order valence-corrected chi connectivity index (χ0v) is 18.6. The van der Waals surface area contributed by atoms with Crippen LogP contribution >= 0.6 is 0 Å². The second kappa shape index (κ2) is 13.6. The van der Waals surface area contributed by atoms with Gasteiger partial charge < -0.3 is 9.47 Å². The van der Waals surface area contributed by atoms with Gasteiger partial charge in [-0.3, -0.25) is 0 Å². The fraction of sp³-hybridized carbons (Fsp3) is 0.444. The molecule has 0 heterocycles. The predicted molar refractivity (Wildman–Crippen MR) is 125 cm³/mol. The Bertz CT molecular complexity index is 745. The summed E-state index contributed by atoms with van der Waals surface area (Å²) < 4.78 is 11.1. The van der Waals surface area contributed by atoms with E-state index in [1.54, 1.807) is 0 Å². The topological polar surface area (TPSA) is 35.5 Å². The first-order chi connectivity index (χ1) is 14.6. The lowest BCUT2D eigenvalue weighted by Crippen LogP contribution is -2.11. The molecule has 0 fully saturated rings. The lowest BCUT2D eigenvalue weighted by Gasteiger charge is -2.09. The fourth-order valence-electron chi connectivity index (χ4n) is 3.29. The lowest BCUT2D eigenvalue weighted by molar-refractivity contribution is 0.0378. The Labute approximate surface area is 182 Å². The number of esters is 1. The molecule has 30 heavy (non-hydrogen) atoms. The molecule has 2 aromatic rings. The van der Waals surface area contributed by atoms with Gasteiger partial charge in [-0.05, 0) is 68.5 Å². The molecule has 0 aromatic heterocycles. The standard InChI is InChI=1S/C27H36O3/c1-4-5-6-7-8-9-10-11-12-21-29-26-19-17-24(18-20-26)23-13-15-25(16-14-23)27(28)30-22(2)3/h4,13-20,22H,1,5-12,21H2,2-3H3. The number of ether oxygens (including phenoxy) is 2. The summed E-state index contributed by atoms with van der Waals surface area (Å²) in [4.78, 5) is 11.9. The molecule has 0 aliphatic rings. The molecule has 0 N–H and O–H groups in total. The third-order valence-electron chi connectivity index (χ3n) is 4.97. The van der Waals surface area contributed by atoms with Gasteiger partial charge in [0.2, 0.25) is 0 Å². The van der Waals surface area contributed by atoms with Crippen molar-refractivity contribution in [2.24, 2.45) is 0 Å². The maximum Gasteiger partial charge on any atom is 0.338 e. The van der Waals surface area contributed by atoms with E-state index in [1.165, 1.54) is 38.5 Å². The van der Waals surface area contributed by atoms with Crippen molar-refractivity contribution in [1.82, 2.24) is 0 Å². The van der Waals surface area contributed by atoms with Crippen LogP contribution in [0.3, 0.4) is 0 Å². The summed E-state index contributed by atoms with van der Waals surface area (Å²) in [5.74, 6) is 0.619. The molecule has 0 amide bonds. The number of allylic oxidation sites excluding steroid dienone is 1. The van der Waals surface area contributed by atoms with Gasteiger partial charge in [-0.2, -0.15) is 0 Å². The van der Waals surface area contributed by atoms with Crippen molar-refractivity contribution >= 4 is 5.97 Å². The average molecular weight is 409 g/mol. The van der Waals surface area contributed by atoms with Crippen molar-refractivity contribution in [2.45, 2.75) is 71.3 Å². The number of carbonyl (C=O) groups is 1. The van der Waals surface area contributed by atoms with Crippen LogP contribution in [0.15, 0.2) is 61.2 Å². The van der Waals surface area contributed by atoms with Crippen LogP contribution in [-0.2, 0) is 4.74 Å². The van der Waals surface area contributed by atoms with E-state index < -0.39 is 0 Å². The van der Waals surface area contributed by atoms with E-state index in [0.29, 0.717) is 5.56 Å². The molecule has 0 unspecified atom stereocenters. The molecule has 3 heteroatoms. The first-order valence-corrected chi connectivity index (χ1v) is 11.3. The zero-order valence-electron chi connectivity index (χ0n) is 18.6. The number of benzene rings is 2. The van der Waals surface area contributed by atoms with Gasteiger partial charge >= 0.3 is 5.97 Å². The van der Waals surface area contributed by atoms with Gasteiger partial charge in [0.15, 0.2) is 0 Å². The molecular weight excluding hydrogens is 372 g/mol. The molecule has 0 bridgehead atoms. The summed E-state index contributed by atoms with van der Waals surface area (Å²) >= 11 is 0. The molecular formula is C27H36O3. The SMILES string of the molecule is C=CCCCCCCCCCOc1ccc(-c2ccc(C(=O)OC(C)C)cc2)cc1. The van der Waals surface area contributed by atoms with E-state index in [-0.39, 0.29) is 12.1 Å². The summed E-state index contributed by atoms with van der Waals surface area (Å²) in [6, 6.07) is 15.6. The van der Waals surface area contributed by atoms with E-state index in [9.17, 15) is 4.79 Å². The minimum atomic E-state index is -0.284. The molecule has 2 rings (SSSR count). The largest absolute Gasteiger partial charge is 0.494 e. The number of hydrogen-bond donors (Lipinski definition) is 0. The molecule has 3 nitrogen and oxygen atoms in total. The normalized spacial score (nSPS) is 10.8. The van der Waals surface area contributed by atoms with Crippen LogP contribution in [0.2, 0.25) is 0 Å². The maximum atomic E-state index is 11.9. The molecule has 2 aromatic carbocycles. The number of rotatable bonds is 14. The van der Waals surface area contributed by atoms with Crippen LogP contribution < -0.4 is 4.74 Å². The first kappa shape index (κ1) is 23.7. The van der Waals surface area contributed by atoms with E-state index in [2.05, 4.69) is 18.7 Å². The Hall–Kier alpha value is -2.55. The number of hydrogen-bond acceptors (Lipinski definition) is 3. The predicted octanol–water partition coefficient (Wildman–Crippen LogP) is 7.60. The van der Waals surface area contributed by atoms with Crippen molar-refractivity contribution in [3.8, 4) is 16.9 Å². The van der Waals surface area contributed by atoms with Crippen LogP contribution in [0, 0.1) is 0 Å². The monoisotopic (exact) mass is 408 g/mol. The third kappa shape index (κ3) is 8.86. The summed E-state index contributed by atoms with van der Waals surface area (Å²) in [6.07, 6.45) is 11.9. The molecule has 0 aliphatic heterocycles. The van der Waals surface area contributed by atoms with Crippen molar-refractivity contribution in [1.29, 1.82) is 0 Å². The van der Waals surface area contributed by atoms with E-state index >= 15 is 0 Å². The number of carbonyl (C=O) groups excluding carboxylic acids is 1. The summed E-state index contributed by atoms with van der Waals surface area (Å²) in [5, 5.41) is 0. The fourth-order valence-corrected chi connectivity index (χ4v) is 3.29. The highest BCUT2D eigenvalue weighted by Gasteiger charge is 2.09. The van der Waals surface area contributed by atoms with Crippen molar-refractivity contribution in [2.75, 3.05) is 6.61 Å². The highest BCUT2D eigenvalue weighted by molar-refractivity contribution is 5.90. The lowest BCUT2D eigenvalue weighted by atomic mass is 10.0. The zero-order chi connectivity index (χ0) is 21.6. The Balaban J connectivity index is 1.68. The van der Waals surface area contributed by atoms with Gasteiger partial charge in [0, 0.05) is 0 Å². The Morgan fingerprint density at radius 1 is 0.833 bits per heavy atom. The molecule has 0 saturated carbocycles. The summed E-state index contributed by atoms with van der Waals surface area (Å²) in [5.41, 5.74) is 2.74. The Morgan fingerprint density at radius 2 is 1.37 bits per heavy atom. The van der Waals surface area contributed by atoms with E-state index in [1.807, 2.05) is 56.3 Å². The number of unbranched alkanes of at least 4 members (excludes halogenated alkanes) is 7. The third-order valence-corrected chi connectivity index (χ3v) is 4.97. The van der Waals surface area contributed by atoms with Crippen molar-refractivity contribution in [3.63, 3.8) is 0 Å². The van der Waals surface area contributed by atoms with E-state index in [0.717, 1.165) is 36.3 Å². The van der Waals surface area contributed by atoms with Crippen LogP contribution in [0.4, 0.5) is 0 Å². The van der Waals surface area contributed by atoms with Gasteiger partial charge in [0.25, 0.3) is 0 Å². The summed E-state index contributed by atoms with van der Waals surface area (Å²) in [7, 11) is 0. The van der Waals surface area contributed by atoms with Crippen LogP contribution in [-0.4, -0.2) is 18.7 Å². The van der Waals surface area contributed by atoms with Crippen molar-refractivity contribution < 1.29 is 14.3 Å². The first-order valence-electron chi connectivity index (χ1n) is 11.3. The van der Waals surface area contributed by atoms with Crippen LogP contribution in [0.1, 0.15) is 75.6 Å². The molecule has 0 radical (unpaired) electrons. The van der Waals surface area contributed by atoms with Gasteiger partial charge in [-0.1, -0.05) is 62.4 Å². The maximum absolute atomic E-state index is 11.9. The highest BCUT2D eigenvalue weighted by Crippen LogP contribution is 2.23. The second-order valence-corrected chi connectivity index (χ2v) is 7.96. The summed E-state index contributed by atoms with van der Waals surface area (Å²) in [6.45, 7) is 8.23. The smallest absolute Gasteiger partial charge is 0.338 e. The minimum Gasteiger partial charge on any atom is -0.494 e. The average Bonchev–Trinajstić information content (AvgIpc) is 2.75.